The van der Waals surface area contributed by atoms with Crippen LogP contribution in [0, 0.1) is 11.7 Å². The van der Waals surface area contributed by atoms with Crippen LogP contribution in [0.2, 0.25) is 0 Å². The zero-order valence-corrected chi connectivity index (χ0v) is 19.2. The molecule has 1 saturated heterocycles. The van der Waals surface area contributed by atoms with Gasteiger partial charge in [0.1, 0.15) is 11.4 Å². The van der Waals surface area contributed by atoms with E-state index < -0.39 is 11.8 Å². The van der Waals surface area contributed by atoms with Crippen LogP contribution in [0.15, 0.2) is 60.9 Å². The highest BCUT2D eigenvalue weighted by molar-refractivity contribution is 5.84. The van der Waals surface area contributed by atoms with Crippen molar-refractivity contribution >= 4 is 22.9 Å². The number of H-pyrrole nitrogens is 1. The number of benzene rings is 2. The van der Waals surface area contributed by atoms with E-state index >= 15 is 0 Å². The first kappa shape index (κ1) is 23.3. The van der Waals surface area contributed by atoms with Crippen LogP contribution in [0.1, 0.15) is 12.8 Å². The molecule has 3 heterocycles. The molecule has 1 aliphatic rings. The lowest BCUT2D eigenvalue weighted by Gasteiger charge is -2.30. The normalized spacial score (nSPS) is 14.1. The van der Waals surface area contributed by atoms with E-state index in [0.29, 0.717) is 54.3 Å². The first-order valence-corrected chi connectivity index (χ1v) is 11.5. The maximum absolute atomic E-state index is 13.9. The number of rotatable bonds is 7. The van der Waals surface area contributed by atoms with Crippen LogP contribution in [0.25, 0.3) is 22.4 Å². The van der Waals surface area contributed by atoms with E-state index in [9.17, 15) is 14.0 Å². The number of carbonyl (C=O) groups is 2. The lowest BCUT2D eigenvalue weighted by Crippen LogP contribution is -2.42. The highest BCUT2D eigenvalue weighted by Gasteiger charge is 2.27. The Labute approximate surface area is 205 Å². The van der Waals surface area contributed by atoms with Gasteiger partial charge in [-0.15, -0.1) is 0 Å². The highest BCUT2D eigenvalue weighted by atomic mass is 19.1. The molecule has 0 saturated carbocycles. The van der Waals surface area contributed by atoms with E-state index in [1.165, 1.54) is 6.07 Å². The summed E-state index contributed by atoms with van der Waals surface area (Å²) in [5, 5.41) is 9.70. The summed E-state index contributed by atoms with van der Waals surface area (Å²) in [5.74, 6) is -0.300. The maximum Gasteiger partial charge on any atom is 0.306 e. The van der Waals surface area contributed by atoms with Crippen LogP contribution in [0.4, 0.5) is 4.39 Å². The molecule has 4 aromatic rings. The molecule has 1 fully saturated rings. The molecule has 2 aromatic carbocycles. The van der Waals surface area contributed by atoms with Gasteiger partial charge >= 0.3 is 5.97 Å². The second-order valence-electron chi connectivity index (χ2n) is 8.45. The molecule has 1 aliphatic heterocycles. The summed E-state index contributed by atoms with van der Waals surface area (Å²) in [6.45, 7) is 0.722. The molecule has 0 radical (unpaired) electrons. The molecule has 0 spiro atoms. The van der Waals surface area contributed by atoms with Crippen molar-refractivity contribution in [3.05, 3.63) is 66.7 Å². The van der Waals surface area contributed by atoms with E-state index in [2.05, 4.69) is 15.0 Å². The summed E-state index contributed by atoms with van der Waals surface area (Å²) in [6.07, 6.45) is 4.13. The fourth-order valence-electron chi connectivity index (χ4n) is 4.07. The third-order valence-corrected chi connectivity index (χ3v) is 6.12. The van der Waals surface area contributed by atoms with Crippen molar-refractivity contribution in [3.8, 4) is 28.6 Å². The van der Waals surface area contributed by atoms with Gasteiger partial charge in [0.05, 0.1) is 11.3 Å². The van der Waals surface area contributed by atoms with Crippen molar-refractivity contribution in [1.82, 2.24) is 19.9 Å². The number of carboxylic acid groups (broad SMARTS) is 1. The first-order valence-electron chi connectivity index (χ1n) is 11.5. The number of para-hydroxylation sites is 1. The van der Waals surface area contributed by atoms with E-state index in [4.69, 9.17) is 14.6 Å². The van der Waals surface area contributed by atoms with Gasteiger partial charge in [0.15, 0.2) is 29.7 Å². The van der Waals surface area contributed by atoms with Gasteiger partial charge in [0.25, 0.3) is 5.91 Å². The second kappa shape index (κ2) is 10.0. The average molecular weight is 490 g/mol. The van der Waals surface area contributed by atoms with Gasteiger partial charge in [-0.05, 0) is 49.2 Å². The molecule has 2 aromatic heterocycles. The third kappa shape index (κ3) is 4.97. The van der Waals surface area contributed by atoms with Crippen LogP contribution < -0.4 is 9.47 Å². The third-order valence-electron chi connectivity index (χ3n) is 6.12. The van der Waals surface area contributed by atoms with Gasteiger partial charge in [-0.2, -0.15) is 0 Å². The first-order chi connectivity index (χ1) is 17.5. The van der Waals surface area contributed by atoms with Crippen molar-refractivity contribution in [3.63, 3.8) is 0 Å². The summed E-state index contributed by atoms with van der Waals surface area (Å²) in [5.41, 5.74) is 1.29. The predicted molar refractivity (Wildman–Crippen MR) is 128 cm³/mol. The van der Waals surface area contributed by atoms with Gasteiger partial charge in [-0.25, -0.2) is 14.4 Å². The van der Waals surface area contributed by atoms with Crippen LogP contribution in [-0.4, -0.2) is 56.5 Å². The predicted octanol–water partition coefficient (Wildman–Crippen LogP) is 4.26. The minimum absolute atomic E-state index is 0.112. The molecule has 5 rings (SSSR count). The Hall–Kier alpha value is -4.47. The summed E-state index contributed by atoms with van der Waals surface area (Å²) in [7, 11) is 0. The quantitative estimate of drug-likeness (QED) is 0.397. The number of aromatic amines is 1. The Morgan fingerprint density at radius 2 is 1.83 bits per heavy atom. The SMILES string of the molecule is O=C(O)C1CCN(C(=O)COc2ccc(-c3ncc4c(Oc5ccccc5F)c[nH]c4n3)cc2)CC1. The topological polar surface area (TPSA) is 118 Å². The lowest BCUT2D eigenvalue weighted by atomic mass is 9.97. The number of ether oxygens (including phenoxy) is 2. The molecular formula is C26H23FN4O5. The number of aromatic nitrogens is 3. The maximum atomic E-state index is 13.9. The number of amides is 1. The van der Waals surface area contributed by atoms with Crippen LogP contribution >= 0.6 is 0 Å². The fraction of sp³-hybridized carbons (Fsp3) is 0.231. The number of fused-ring (bicyclic) bond motifs is 1. The van der Waals surface area contributed by atoms with Gasteiger partial charge in [0.2, 0.25) is 0 Å². The summed E-state index contributed by atoms with van der Waals surface area (Å²) < 4.78 is 25.2. The Morgan fingerprint density at radius 3 is 2.56 bits per heavy atom. The monoisotopic (exact) mass is 490 g/mol. The van der Waals surface area contributed by atoms with Crippen molar-refractivity contribution in [2.45, 2.75) is 12.8 Å². The number of halogens is 1. The molecule has 36 heavy (non-hydrogen) atoms. The van der Waals surface area contributed by atoms with Crippen LogP contribution in [-0.2, 0) is 9.59 Å². The lowest BCUT2D eigenvalue weighted by molar-refractivity contribution is -0.146. The van der Waals surface area contributed by atoms with Crippen molar-refractivity contribution in [1.29, 1.82) is 0 Å². The van der Waals surface area contributed by atoms with Gasteiger partial charge in [-0.1, -0.05) is 12.1 Å². The number of nitrogens with one attached hydrogen (secondary N) is 1. The van der Waals surface area contributed by atoms with Crippen LogP contribution in [0.3, 0.4) is 0 Å². The number of hydrogen-bond donors (Lipinski definition) is 2. The Morgan fingerprint density at radius 1 is 1.08 bits per heavy atom. The minimum Gasteiger partial charge on any atom is -0.484 e. The standard InChI is InChI=1S/C26H23FN4O5/c27-20-3-1-2-4-21(20)36-22-14-29-25-19(22)13-28-24(30-25)16-5-7-18(8-6-16)35-15-23(32)31-11-9-17(10-12-31)26(33)34/h1-8,13-14,17H,9-12,15H2,(H,33,34)(H,28,29,30). The van der Waals surface area contributed by atoms with E-state index in [0.717, 1.165) is 5.56 Å². The zero-order chi connectivity index (χ0) is 25.1. The number of piperidine rings is 1. The highest BCUT2D eigenvalue weighted by Crippen LogP contribution is 2.31. The summed E-state index contributed by atoms with van der Waals surface area (Å²) in [4.78, 5) is 37.1. The number of carboxylic acids is 1. The Kier molecular flexibility index (Phi) is 6.48. The van der Waals surface area contributed by atoms with E-state index in [1.807, 2.05) is 0 Å². The molecule has 2 N–H and O–H groups in total. The number of aliphatic carboxylic acids is 1. The van der Waals surface area contributed by atoms with Crippen molar-refractivity contribution in [2.75, 3.05) is 19.7 Å². The van der Waals surface area contributed by atoms with Crippen LogP contribution in [0.5, 0.6) is 17.2 Å². The molecule has 0 unspecified atom stereocenters. The minimum atomic E-state index is -0.811. The van der Waals surface area contributed by atoms with Gasteiger partial charge in [0, 0.05) is 31.0 Å². The fourth-order valence-corrected chi connectivity index (χ4v) is 4.07. The second-order valence-corrected chi connectivity index (χ2v) is 8.45. The molecule has 0 bridgehead atoms. The molecule has 0 aliphatic carbocycles. The Balaban J connectivity index is 1.21. The molecule has 0 atom stereocenters. The molecule has 10 heteroatoms. The molecule has 9 nitrogen and oxygen atoms in total. The van der Waals surface area contributed by atoms with Crippen molar-refractivity contribution < 1.29 is 28.6 Å². The zero-order valence-electron chi connectivity index (χ0n) is 19.2. The van der Waals surface area contributed by atoms with Crippen molar-refractivity contribution in [2.24, 2.45) is 5.92 Å². The number of hydrogen-bond acceptors (Lipinski definition) is 6. The Bertz CT molecular complexity index is 1400. The number of carbonyl (C=O) groups excluding carboxylic acids is 1. The van der Waals surface area contributed by atoms with Gasteiger partial charge in [-0.3, -0.25) is 9.59 Å². The van der Waals surface area contributed by atoms with E-state index in [1.54, 1.807) is 59.8 Å². The molecule has 1 amide bonds. The average Bonchev–Trinajstić information content (AvgIpc) is 3.31. The number of nitrogens with zero attached hydrogens (tertiary/aromatic N) is 3. The summed E-state index contributed by atoms with van der Waals surface area (Å²) >= 11 is 0. The van der Waals surface area contributed by atoms with E-state index in [-0.39, 0.29) is 24.2 Å². The summed E-state index contributed by atoms with van der Waals surface area (Å²) in [6, 6.07) is 13.2. The van der Waals surface area contributed by atoms with Gasteiger partial charge < -0.3 is 24.5 Å². The number of likely N-dealkylation sites (tertiary alicyclic amines) is 1. The molecular weight excluding hydrogens is 467 g/mol. The molecule has 184 valence electrons. The smallest absolute Gasteiger partial charge is 0.306 e. The largest absolute Gasteiger partial charge is 0.484 e.